The van der Waals surface area contributed by atoms with Gasteiger partial charge in [-0.25, -0.2) is 4.98 Å². The van der Waals surface area contributed by atoms with Crippen LogP contribution >= 0.6 is 11.5 Å². The smallest absolute Gasteiger partial charge is 0.229 e. The summed E-state index contributed by atoms with van der Waals surface area (Å²) in [7, 11) is 0. The Kier molecular flexibility index (Phi) is 3.78. The van der Waals surface area contributed by atoms with Crippen molar-refractivity contribution in [3.63, 3.8) is 0 Å². The highest BCUT2D eigenvalue weighted by Gasteiger charge is 2.32. The summed E-state index contributed by atoms with van der Waals surface area (Å²) in [5.41, 5.74) is 8.28. The third-order valence-electron chi connectivity index (χ3n) is 2.79. The first-order valence-corrected chi connectivity index (χ1v) is 6.54. The van der Waals surface area contributed by atoms with Crippen LogP contribution in [0.3, 0.4) is 0 Å². The van der Waals surface area contributed by atoms with Crippen molar-refractivity contribution >= 4 is 22.6 Å². The van der Waals surface area contributed by atoms with E-state index in [-0.39, 0.29) is 17.7 Å². The van der Waals surface area contributed by atoms with Crippen LogP contribution in [0.2, 0.25) is 0 Å². The van der Waals surface area contributed by atoms with Crippen LogP contribution in [0.25, 0.3) is 10.4 Å². The molecule has 1 aliphatic heterocycles. The lowest BCUT2D eigenvalue weighted by Crippen LogP contribution is -2.24. The average Bonchev–Trinajstić information content (AvgIpc) is 2.92. The number of azide groups is 1. The summed E-state index contributed by atoms with van der Waals surface area (Å²) in [5.74, 6) is 1.13. The molecule has 0 bridgehead atoms. The Hall–Kier alpha value is -1.66. The predicted octanol–water partition coefficient (Wildman–Crippen LogP) is 2.32. The SMILES string of the molecule is CC(C)c1nsc(N2CC(CN=[N+]=[N-])CC2=O)n1. The molecule has 18 heavy (non-hydrogen) atoms. The molecule has 1 aliphatic rings. The number of carbonyl (C=O) groups is 1. The first kappa shape index (κ1) is 12.8. The first-order valence-electron chi connectivity index (χ1n) is 5.76. The van der Waals surface area contributed by atoms with Crippen molar-refractivity contribution < 1.29 is 4.79 Å². The zero-order chi connectivity index (χ0) is 13.1. The molecule has 0 aromatic carbocycles. The van der Waals surface area contributed by atoms with Gasteiger partial charge in [-0.05, 0) is 11.4 Å². The molecule has 1 aromatic rings. The van der Waals surface area contributed by atoms with E-state index in [0.717, 1.165) is 5.82 Å². The van der Waals surface area contributed by atoms with Gasteiger partial charge in [-0.1, -0.05) is 19.0 Å². The van der Waals surface area contributed by atoms with E-state index in [9.17, 15) is 4.79 Å². The average molecular weight is 266 g/mol. The Morgan fingerprint density at radius 3 is 3.06 bits per heavy atom. The van der Waals surface area contributed by atoms with Crippen LogP contribution < -0.4 is 4.90 Å². The van der Waals surface area contributed by atoms with Gasteiger partial charge in [-0.15, -0.1) is 0 Å². The number of hydrogen-bond acceptors (Lipinski definition) is 5. The van der Waals surface area contributed by atoms with Crippen LogP contribution in [-0.2, 0) is 4.79 Å². The van der Waals surface area contributed by atoms with Crippen molar-refractivity contribution in [1.29, 1.82) is 0 Å². The predicted molar refractivity (Wildman–Crippen MR) is 68.5 cm³/mol. The number of rotatable bonds is 4. The van der Waals surface area contributed by atoms with Crippen molar-refractivity contribution in [1.82, 2.24) is 9.36 Å². The van der Waals surface area contributed by atoms with E-state index in [2.05, 4.69) is 19.4 Å². The molecule has 1 amide bonds. The zero-order valence-corrected chi connectivity index (χ0v) is 11.1. The van der Waals surface area contributed by atoms with E-state index >= 15 is 0 Å². The van der Waals surface area contributed by atoms with E-state index < -0.39 is 0 Å². The zero-order valence-electron chi connectivity index (χ0n) is 10.3. The van der Waals surface area contributed by atoms with Crippen LogP contribution in [-0.4, -0.2) is 28.4 Å². The van der Waals surface area contributed by atoms with Gasteiger partial charge in [0.2, 0.25) is 11.0 Å². The number of nitrogens with zero attached hydrogens (tertiary/aromatic N) is 6. The van der Waals surface area contributed by atoms with Crippen molar-refractivity contribution in [3.8, 4) is 0 Å². The summed E-state index contributed by atoms with van der Waals surface area (Å²) in [6.07, 6.45) is 0.412. The maximum absolute atomic E-state index is 11.9. The molecule has 0 saturated carbocycles. The van der Waals surface area contributed by atoms with Crippen molar-refractivity contribution in [3.05, 3.63) is 16.3 Å². The van der Waals surface area contributed by atoms with Gasteiger partial charge in [-0.3, -0.25) is 9.69 Å². The molecule has 1 unspecified atom stereocenters. The maximum Gasteiger partial charge on any atom is 0.229 e. The summed E-state index contributed by atoms with van der Waals surface area (Å²) in [5, 5.41) is 4.16. The summed E-state index contributed by atoms with van der Waals surface area (Å²) in [6, 6.07) is 0. The Bertz CT molecular complexity index is 492. The fourth-order valence-corrected chi connectivity index (χ4v) is 2.65. The van der Waals surface area contributed by atoms with Gasteiger partial charge in [0.05, 0.1) is 0 Å². The number of amides is 1. The van der Waals surface area contributed by atoms with Crippen LogP contribution in [0, 0.1) is 5.92 Å². The van der Waals surface area contributed by atoms with E-state index in [1.54, 1.807) is 4.90 Å². The topological polar surface area (TPSA) is 94.9 Å². The minimum absolute atomic E-state index is 0.0274. The Labute approximate surface area is 109 Å². The number of hydrogen-bond donors (Lipinski definition) is 0. The molecule has 2 heterocycles. The first-order chi connectivity index (χ1) is 8.61. The minimum Gasteiger partial charge on any atom is -0.287 e. The lowest BCUT2D eigenvalue weighted by molar-refractivity contribution is -0.117. The molecule has 0 N–H and O–H groups in total. The van der Waals surface area contributed by atoms with E-state index in [4.69, 9.17) is 5.53 Å². The lowest BCUT2D eigenvalue weighted by atomic mass is 10.1. The largest absolute Gasteiger partial charge is 0.287 e. The standard InChI is InChI=1S/C10H14N6OS/c1-6(2)9-13-10(18-14-9)16-5-7(3-8(16)17)4-12-15-11/h6-7H,3-5H2,1-2H3. The van der Waals surface area contributed by atoms with Crippen LogP contribution in [0.5, 0.6) is 0 Å². The van der Waals surface area contributed by atoms with E-state index in [1.807, 2.05) is 13.8 Å². The number of carbonyl (C=O) groups excluding carboxylic acids is 1. The van der Waals surface area contributed by atoms with E-state index in [0.29, 0.717) is 24.6 Å². The van der Waals surface area contributed by atoms with E-state index in [1.165, 1.54) is 11.5 Å². The lowest BCUT2D eigenvalue weighted by Gasteiger charge is -2.11. The van der Waals surface area contributed by atoms with Gasteiger partial charge in [0.15, 0.2) is 0 Å². The molecular formula is C10H14N6OS. The second-order valence-corrected chi connectivity index (χ2v) is 5.31. The summed E-state index contributed by atoms with van der Waals surface area (Å²) < 4.78 is 4.24. The molecule has 0 spiro atoms. The highest BCUT2D eigenvalue weighted by atomic mass is 32.1. The minimum atomic E-state index is 0.0274. The molecule has 0 radical (unpaired) electrons. The second-order valence-electron chi connectivity index (χ2n) is 4.58. The van der Waals surface area contributed by atoms with Crippen LogP contribution in [0.15, 0.2) is 5.11 Å². The van der Waals surface area contributed by atoms with Gasteiger partial charge in [0, 0.05) is 41.9 Å². The molecule has 1 aromatic heterocycles. The highest BCUT2D eigenvalue weighted by Crippen LogP contribution is 2.28. The maximum atomic E-state index is 11.9. The van der Waals surface area contributed by atoms with Gasteiger partial charge >= 0.3 is 0 Å². The van der Waals surface area contributed by atoms with Gasteiger partial charge < -0.3 is 0 Å². The fraction of sp³-hybridized carbons (Fsp3) is 0.700. The van der Waals surface area contributed by atoms with Crippen molar-refractivity contribution in [2.75, 3.05) is 18.0 Å². The monoisotopic (exact) mass is 266 g/mol. The molecule has 2 rings (SSSR count). The molecule has 1 atom stereocenters. The third kappa shape index (κ3) is 2.60. The van der Waals surface area contributed by atoms with Gasteiger partial charge in [0.1, 0.15) is 5.82 Å². The summed E-state index contributed by atoms with van der Waals surface area (Å²) in [6.45, 7) is 4.95. The fourth-order valence-electron chi connectivity index (χ4n) is 1.81. The molecule has 7 nitrogen and oxygen atoms in total. The molecular weight excluding hydrogens is 252 g/mol. The molecule has 8 heteroatoms. The summed E-state index contributed by atoms with van der Waals surface area (Å²) in [4.78, 5) is 20.6. The number of aromatic nitrogens is 2. The quantitative estimate of drug-likeness (QED) is 0.475. The van der Waals surface area contributed by atoms with Crippen LogP contribution in [0.4, 0.5) is 5.13 Å². The number of anilines is 1. The van der Waals surface area contributed by atoms with Crippen molar-refractivity contribution in [2.45, 2.75) is 26.2 Å². The molecule has 1 saturated heterocycles. The normalized spacial score (nSPS) is 19.4. The Balaban J connectivity index is 2.08. The molecule has 1 fully saturated rings. The Morgan fingerprint density at radius 2 is 2.44 bits per heavy atom. The van der Waals surface area contributed by atoms with Gasteiger partial charge in [-0.2, -0.15) is 4.37 Å². The summed E-state index contributed by atoms with van der Waals surface area (Å²) >= 11 is 1.25. The Morgan fingerprint density at radius 1 is 1.67 bits per heavy atom. The van der Waals surface area contributed by atoms with Gasteiger partial charge in [0.25, 0.3) is 0 Å². The molecule has 0 aliphatic carbocycles. The second kappa shape index (κ2) is 5.32. The van der Waals surface area contributed by atoms with Crippen molar-refractivity contribution in [2.24, 2.45) is 11.0 Å². The highest BCUT2D eigenvalue weighted by molar-refractivity contribution is 7.09. The van der Waals surface area contributed by atoms with Crippen LogP contribution in [0.1, 0.15) is 32.0 Å². The third-order valence-corrected chi connectivity index (χ3v) is 3.54. The molecule has 96 valence electrons.